The normalized spacial score (nSPS) is 17.3. The Labute approximate surface area is 143 Å². The number of carbonyl (C=O) groups is 1. The zero-order valence-electron chi connectivity index (χ0n) is 14.9. The molecule has 7 heteroatoms. The molecule has 0 spiro atoms. The molecule has 6 nitrogen and oxygen atoms in total. The third-order valence-corrected chi connectivity index (χ3v) is 5.13. The van der Waals surface area contributed by atoms with Crippen molar-refractivity contribution in [3.05, 3.63) is 5.82 Å². The zero-order chi connectivity index (χ0) is 17.0. The van der Waals surface area contributed by atoms with E-state index in [2.05, 4.69) is 52.3 Å². The minimum absolute atomic E-state index is 0.000774. The summed E-state index contributed by atoms with van der Waals surface area (Å²) in [6.45, 7) is 9.94. The molecule has 23 heavy (non-hydrogen) atoms. The van der Waals surface area contributed by atoms with Crippen LogP contribution in [0, 0.1) is 5.92 Å². The summed E-state index contributed by atoms with van der Waals surface area (Å²) in [4.78, 5) is 20.6. The van der Waals surface area contributed by atoms with E-state index < -0.39 is 0 Å². The van der Waals surface area contributed by atoms with Gasteiger partial charge in [-0.05, 0) is 31.8 Å². The van der Waals surface area contributed by atoms with Crippen molar-refractivity contribution >= 4 is 22.6 Å². The maximum absolute atomic E-state index is 11.4. The molecule has 1 amide bonds. The fourth-order valence-corrected chi connectivity index (χ4v) is 3.57. The molecule has 1 aromatic rings. The van der Waals surface area contributed by atoms with Crippen molar-refractivity contribution < 1.29 is 4.79 Å². The number of likely N-dealkylation sites (N-methyl/N-ethyl adjacent to an activating group) is 1. The summed E-state index contributed by atoms with van der Waals surface area (Å²) in [5.74, 6) is 1.68. The predicted octanol–water partition coefficient (Wildman–Crippen LogP) is 1.73. The number of aromatic nitrogens is 2. The van der Waals surface area contributed by atoms with Crippen molar-refractivity contribution in [3.8, 4) is 0 Å². The minimum atomic E-state index is 0.000774. The van der Waals surface area contributed by atoms with Crippen LogP contribution in [0.1, 0.15) is 39.4 Å². The highest BCUT2D eigenvalue weighted by Gasteiger charge is 2.24. The third-order valence-electron chi connectivity index (χ3n) is 4.30. The summed E-state index contributed by atoms with van der Waals surface area (Å²) in [7, 11) is 3.79. The van der Waals surface area contributed by atoms with Gasteiger partial charge in [0.2, 0.25) is 11.0 Å². The van der Waals surface area contributed by atoms with Gasteiger partial charge in [0.1, 0.15) is 5.82 Å². The SMILES string of the molecule is CNC(=O)CN1CCC(CN(C)c2nc(C(C)(C)C)ns2)CC1. The topological polar surface area (TPSA) is 61.4 Å². The van der Waals surface area contributed by atoms with E-state index in [-0.39, 0.29) is 11.3 Å². The Kier molecular flexibility index (Phi) is 5.97. The molecule has 0 atom stereocenters. The number of carbonyl (C=O) groups excluding carboxylic acids is 1. The lowest BCUT2D eigenvalue weighted by Gasteiger charge is -2.33. The van der Waals surface area contributed by atoms with E-state index in [1.54, 1.807) is 7.05 Å². The van der Waals surface area contributed by atoms with Gasteiger partial charge in [-0.1, -0.05) is 20.8 Å². The van der Waals surface area contributed by atoms with Crippen molar-refractivity contribution in [2.24, 2.45) is 5.92 Å². The average molecular weight is 340 g/mol. The number of piperidine rings is 1. The first-order chi connectivity index (χ1) is 10.8. The van der Waals surface area contributed by atoms with Crippen molar-refractivity contribution in [2.75, 3.05) is 45.2 Å². The van der Waals surface area contributed by atoms with Gasteiger partial charge in [0.05, 0.1) is 6.54 Å². The van der Waals surface area contributed by atoms with E-state index in [9.17, 15) is 4.79 Å². The van der Waals surface area contributed by atoms with Crippen LogP contribution in [0.25, 0.3) is 0 Å². The Morgan fingerprint density at radius 3 is 2.57 bits per heavy atom. The van der Waals surface area contributed by atoms with Crippen LogP contribution >= 0.6 is 11.5 Å². The molecule has 0 saturated carbocycles. The fourth-order valence-electron chi connectivity index (χ4n) is 2.75. The largest absolute Gasteiger partial charge is 0.358 e. The summed E-state index contributed by atoms with van der Waals surface area (Å²) in [6.07, 6.45) is 2.26. The summed E-state index contributed by atoms with van der Waals surface area (Å²) >= 11 is 1.49. The maximum atomic E-state index is 11.4. The van der Waals surface area contributed by atoms with E-state index in [1.807, 2.05) is 0 Å². The fraction of sp³-hybridized carbons (Fsp3) is 0.812. The van der Waals surface area contributed by atoms with Crippen molar-refractivity contribution in [2.45, 2.75) is 39.0 Å². The van der Waals surface area contributed by atoms with E-state index in [0.29, 0.717) is 12.5 Å². The Balaban J connectivity index is 1.82. The molecule has 130 valence electrons. The molecule has 1 aromatic heterocycles. The monoisotopic (exact) mass is 339 g/mol. The van der Waals surface area contributed by atoms with Gasteiger partial charge in [0.25, 0.3) is 0 Å². The first-order valence-corrected chi connectivity index (χ1v) is 9.05. The first kappa shape index (κ1) is 18.1. The second kappa shape index (κ2) is 7.57. The van der Waals surface area contributed by atoms with Gasteiger partial charge in [-0.2, -0.15) is 4.37 Å². The average Bonchev–Trinajstić information content (AvgIpc) is 2.99. The molecule has 0 unspecified atom stereocenters. The van der Waals surface area contributed by atoms with Crippen LogP contribution in [-0.4, -0.2) is 60.4 Å². The highest BCUT2D eigenvalue weighted by Crippen LogP contribution is 2.26. The third kappa shape index (κ3) is 5.14. The van der Waals surface area contributed by atoms with Gasteiger partial charge in [-0.25, -0.2) is 4.98 Å². The molecule has 1 saturated heterocycles. The predicted molar refractivity (Wildman–Crippen MR) is 95.1 cm³/mol. The summed E-state index contributed by atoms with van der Waals surface area (Å²) < 4.78 is 4.49. The highest BCUT2D eigenvalue weighted by atomic mass is 32.1. The number of anilines is 1. The van der Waals surface area contributed by atoms with Gasteiger partial charge in [0, 0.05) is 37.6 Å². The Morgan fingerprint density at radius 1 is 1.39 bits per heavy atom. The van der Waals surface area contributed by atoms with E-state index in [0.717, 1.165) is 43.4 Å². The molecule has 2 heterocycles. The molecule has 1 aliphatic heterocycles. The van der Waals surface area contributed by atoms with E-state index in [4.69, 9.17) is 0 Å². The quantitative estimate of drug-likeness (QED) is 0.885. The lowest BCUT2D eigenvalue weighted by atomic mass is 9.96. The summed E-state index contributed by atoms with van der Waals surface area (Å²) in [5.41, 5.74) is 0.000774. The lowest BCUT2D eigenvalue weighted by Crippen LogP contribution is -2.42. The molecular weight excluding hydrogens is 310 g/mol. The number of hydrogen-bond acceptors (Lipinski definition) is 6. The summed E-state index contributed by atoms with van der Waals surface area (Å²) in [6, 6.07) is 0. The Hall–Kier alpha value is -1.21. The second-order valence-corrected chi connectivity index (χ2v) is 8.15. The number of hydrogen-bond donors (Lipinski definition) is 1. The lowest BCUT2D eigenvalue weighted by molar-refractivity contribution is -0.122. The van der Waals surface area contributed by atoms with Crippen LogP contribution in [0.2, 0.25) is 0 Å². The first-order valence-electron chi connectivity index (χ1n) is 8.28. The van der Waals surface area contributed by atoms with Crippen molar-refractivity contribution in [3.63, 3.8) is 0 Å². The van der Waals surface area contributed by atoms with Gasteiger partial charge in [0.15, 0.2) is 0 Å². The van der Waals surface area contributed by atoms with Crippen LogP contribution < -0.4 is 10.2 Å². The smallest absolute Gasteiger partial charge is 0.233 e. The second-order valence-electron chi connectivity index (χ2n) is 7.42. The summed E-state index contributed by atoms with van der Waals surface area (Å²) in [5, 5.41) is 3.69. The van der Waals surface area contributed by atoms with Gasteiger partial charge in [-0.15, -0.1) is 0 Å². The number of nitrogens with zero attached hydrogens (tertiary/aromatic N) is 4. The van der Waals surface area contributed by atoms with Crippen LogP contribution in [0.3, 0.4) is 0 Å². The molecule has 2 rings (SSSR count). The number of nitrogens with one attached hydrogen (secondary N) is 1. The van der Waals surface area contributed by atoms with Crippen LogP contribution in [0.15, 0.2) is 0 Å². The van der Waals surface area contributed by atoms with Gasteiger partial charge < -0.3 is 10.2 Å². The Morgan fingerprint density at radius 2 is 2.04 bits per heavy atom. The number of amides is 1. The Bertz CT molecular complexity index is 517. The molecular formula is C16H29N5OS. The molecule has 1 N–H and O–H groups in total. The molecule has 0 radical (unpaired) electrons. The van der Waals surface area contributed by atoms with Crippen LogP contribution in [0.4, 0.5) is 5.13 Å². The highest BCUT2D eigenvalue weighted by molar-refractivity contribution is 7.09. The van der Waals surface area contributed by atoms with Crippen LogP contribution in [-0.2, 0) is 10.2 Å². The molecule has 1 aliphatic rings. The van der Waals surface area contributed by atoms with Crippen molar-refractivity contribution in [1.29, 1.82) is 0 Å². The molecule has 0 bridgehead atoms. The zero-order valence-corrected chi connectivity index (χ0v) is 15.7. The molecule has 0 aromatic carbocycles. The number of rotatable bonds is 5. The van der Waals surface area contributed by atoms with Gasteiger partial charge in [-0.3, -0.25) is 9.69 Å². The van der Waals surface area contributed by atoms with Crippen LogP contribution in [0.5, 0.6) is 0 Å². The molecule has 0 aliphatic carbocycles. The number of likely N-dealkylation sites (tertiary alicyclic amines) is 1. The molecule has 1 fully saturated rings. The maximum Gasteiger partial charge on any atom is 0.233 e. The van der Waals surface area contributed by atoms with Crippen molar-refractivity contribution in [1.82, 2.24) is 19.6 Å². The van der Waals surface area contributed by atoms with E-state index in [1.165, 1.54) is 11.5 Å². The van der Waals surface area contributed by atoms with Gasteiger partial charge >= 0.3 is 0 Å². The standard InChI is InChI=1S/C16H29N5OS/c1-16(2,3)14-18-15(23-19-14)20(5)10-12-6-8-21(9-7-12)11-13(22)17-4/h12H,6-11H2,1-5H3,(H,17,22). The minimum Gasteiger partial charge on any atom is -0.358 e. The van der Waals surface area contributed by atoms with E-state index >= 15 is 0 Å².